The van der Waals surface area contributed by atoms with Crippen molar-refractivity contribution < 1.29 is 14.6 Å². The van der Waals surface area contributed by atoms with Crippen molar-refractivity contribution in [1.82, 2.24) is 10.2 Å². The van der Waals surface area contributed by atoms with Gasteiger partial charge in [-0.15, -0.1) is 0 Å². The Labute approximate surface area is 122 Å². The molecule has 0 spiro atoms. The number of hydrogen-bond donors (Lipinski definition) is 2. The van der Waals surface area contributed by atoms with E-state index in [1.165, 1.54) is 0 Å². The molecule has 0 aromatic heterocycles. The fourth-order valence-electron chi connectivity index (χ4n) is 2.07. The fraction of sp³-hybridized carbons (Fsp3) is 0.933. The van der Waals surface area contributed by atoms with Crippen molar-refractivity contribution in [3.8, 4) is 0 Å². The van der Waals surface area contributed by atoms with Crippen LogP contribution in [0.3, 0.4) is 0 Å². The molecular formula is C15H30N2O3. The topological polar surface area (TPSA) is 61.8 Å². The molecule has 1 rings (SSSR count). The number of piperidine rings is 1. The van der Waals surface area contributed by atoms with E-state index in [0.717, 1.165) is 32.5 Å². The third-order valence-electron chi connectivity index (χ3n) is 3.44. The Balaban J connectivity index is 2.31. The van der Waals surface area contributed by atoms with Gasteiger partial charge in [-0.2, -0.15) is 0 Å². The predicted molar refractivity (Wildman–Crippen MR) is 79.7 cm³/mol. The lowest BCUT2D eigenvalue weighted by molar-refractivity contribution is 0.0194. The van der Waals surface area contributed by atoms with E-state index in [-0.39, 0.29) is 18.1 Å². The van der Waals surface area contributed by atoms with Crippen molar-refractivity contribution in [2.24, 2.45) is 5.41 Å². The number of amides is 1. The summed E-state index contributed by atoms with van der Waals surface area (Å²) >= 11 is 0. The molecule has 1 aliphatic rings. The average Bonchev–Trinajstić information content (AvgIpc) is 2.35. The van der Waals surface area contributed by atoms with Crippen LogP contribution < -0.4 is 5.32 Å². The molecule has 1 heterocycles. The minimum Gasteiger partial charge on any atom is -0.444 e. The van der Waals surface area contributed by atoms with E-state index in [2.05, 4.69) is 5.32 Å². The molecule has 118 valence electrons. The third kappa shape index (κ3) is 6.09. The van der Waals surface area contributed by atoms with Crippen LogP contribution in [0.5, 0.6) is 0 Å². The molecule has 0 unspecified atom stereocenters. The van der Waals surface area contributed by atoms with E-state index in [4.69, 9.17) is 4.74 Å². The van der Waals surface area contributed by atoms with Crippen LogP contribution in [0.15, 0.2) is 0 Å². The minimum absolute atomic E-state index is 0.0949. The Bertz CT molecular complexity index is 316. The number of rotatable bonds is 4. The molecule has 5 nitrogen and oxygen atoms in total. The van der Waals surface area contributed by atoms with Gasteiger partial charge in [0.15, 0.2) is 0 Å². The summed E-state index contributed by atoms with van der Waals surface area (Å²) in [6, 6.07) is 0.416. The van der Waals surface area contributed by atoms with Gasteiger partial charge in [0.25, 0.3) is 0 Å². The second kappa shape index (κ2) is 6.76. The first-order chi connectivity index (χ1) is 9.13. The number of carbonyl (C=O) groups is 1. The molecule has 0 saturated carbocycles. The molecule has 20 heavy (non-hydrogen) atoms. The number of aliphatic hydroxyl groups is 1. The monoisotopic (exact) mass is 286 g/mol. The van der Waals surface area contributed by atoms with E-state index < -0.39 is 5.60 Å². The van der Waals surface area contributed by atoms with Gasteiger partial charge >= 0.3 is 6.09 Å². The van der Waals surface area contributed by atoms with Crippen molar-refractivity contribution in [3.05, 3.63) is 0 Å². The van der Waals surface area contributed by atoms with Gasteiger partial charge in [0, 0.05) is 37.7 Å². The summed E-state index contributed by atoms with van der Waals surface area (Å²) in [6.07, 6.45) is 1.65. The van der Waals surface area contributed by atoms with Gasteiger partial charge in [-0.3, -0.25) is 0 Å². The second-order valence-electron chi connectivity index (χ2n) is 7.44. The second-order valence-corrected chi connectivity index (χ2v) is 7.44. The molecule has 0 aromatic carbocycles. The molecule has 0 aromatic rings. The van der Waals surface area contributed by atoms with Crippen molar-refractivity contribution in [2.45, 2.75) is 59.1 Å². The zero-order chi connectivity index (χ0) is 15.4. The zero-order valence-corrected chi connectivity index (χ0v) is 13.5. The summed E-state index contributed by atoms with van der Waals surface area (Å²) in [5, 5.41) is 12.7. The van der Waals surface area contributed by atoms with Gasteiger partial charge in [0.05, 0.1) is 0 Å². The average molecular weight is 286 g/mol. The van der Waals surface area contributed by atoms with Gasteiger partial charge in [-0.05, 0) is 33.6 Å². The van der Waals surface area contributed by atoms with Gasteiger partial charge in [-0.1, -0.05) is 13.8 Å². The van der Waals surface area contributed by atoms with Crippen LogP contribution in [-0.2, 0) is 4.74 Å². The SMILES string of the molecule is CC(C)(CO)CNC1CCN(C(=O)OC(C)(C)C)CC1. The molecule has 0 bridgehead atoms. The Morgan fingerprint density at radius 2 is 1.80 bits per heavy atom. The lowest BCUT2D eigenvalue weighted by Crippen LogP contribution is -2.48. The summed E-state index contributed by atoms with van der Waals surface area (Å²) < 4.78 is 5.38. The van der Waals surface area contributed by atoms with Crippen LogP contribution in [0.1, 0.15) is 47.5 Å². The number of ether oxygens (including phenoxy) is 1. The summed E-state index contributed by atoms with van der Waals surface area (Å²) in [6.45, 7) is 12.2. The molecule has 1 saturated heterocycles. The molecule has 1 aliphatic heterocycles. The van der Waals surface area contributed by atoms with Crippen LogP contribution in [0.25, 0.3) is 0 Å². The van der Waals surface area contributed by atoms with Crippen molar-refractivity contribution >= 4 is 6.09 Å². The maximum atomic E-state index is 11.9. The normalized spacial score (nSPS) is 18.2. The molecule has 0 radical (unpaired) electrons. The van der Waals surface area contributed by atoms with Crippen molar-refractivity contribution in [1.29, 1.82) is 0 Å². The molecule has 2 N–H and O–H groups in total. The van der Waals surface area contributed by atoms with Crippen LogP contribution in [0, 0.1) is 5.41 Å². The summed E-state index contributed by atoms with van der Waals surface area (Å²) in [5.41, 5.74) is -0.528. The largest absolute Gasteiger partial charge is 0.444 e. The number of nitrogens with one attached hydrogen (secondary N) is 1. The summed E-state index contributed by atoms with van der Waals surface area (Å²) in [5.74, 6) is 0. The number of likely N-dealkylation sites (tertiary alicyclic amines) is 1. The van der Waals surface area contributed by atoms with Crippen molar-refractivity contribution in [2.75, 3.05) is 26.2 Å². The zero-order valence-electron chi connectivity index (χ0n) is 13.5. The first-order valence-corrected chi connectivity index (χ1v) is 7.45. The summed E-state index contributed by atoms with van der Waals surface area (Å²) in [4.78, 5) is 13.7. The van der Waals surface area contributed by atoms with Crippen LogP contribution in [-0.4, -0.2) is 54.0 Å². The number of nitrogens with zero attached hydrogens (tertiary/aromatic N) is 1. The molecule has 0 atom stereocenters. The number of carbonyl (C=O) groups excluding carboxylic acids is 1. The van der Waals surface area contributed by atoms with Gasteiger partial charge in [0.2, 0.25) is 0 Å². The highest BCUT2D eigenvalue weighted by atomic mass is 16.6. The van der Waals surface area contributed by atoms with E-state index in [1.54, 1.807) is 4.90 Å². The smallest absolute Gasteiger partial charge is 0.410 e. The fourth-order valence-corrected chi connectivity index (χ4v) is 2.07. The molecule has 1 fully saturated rings. The lowest BCUT2D eigenvalue weighted by atomic mass is 9.93. The first-order valence-electron chi connectivity index (χ1n) is 7.45. The number of aliphatic hydroxyl groups excluding tert-OH is 1. The molecule has 0 aliphatic carbocycles. The van der Waals surface area contributed by atoms with Gasteiger partial charge in [-0.25, -0.2) is 4.79 Å². The van der Waals surface area contributed by atoms with E-state index in [0.29, 0.717) is 6.04 Å². The summed E-state index contributed by atoms with van der Waals surface area (Å²) in [7, 11) is 0. The van der Waals surface area contributed by atoms with Gasteiger partial charge in [0.1, 0.15) is 5.60 Å². The molecule has 1 amide bonds. The highest BCUT2D eigenvalue weighted by molar-refractivity contribution is 5.68. The number of hydrogen-bond acceptors (Lipinski definition) is 4. The quantitative estimate of drug-likeness (QED) is 0.830. The predicted octanol–water partition coefficient (Wildman–Crippen LogP) is 1.99. The highest BCUT2D eigenvalue weighted by Crippen LogP contribution is 2.17. The lowest BCUT2D eigenvalue weighted by Gasteiger charge is -2.35. The Hall–Kier alpha value is -0.810. The maximum absolute atomic E-state index is 11.9. The van der Waals surface area contributed by atoms with Crippen LogP contribution in [0.2, 0.25) is 0 Å². The Morgan fingerprint density at radius 1 is 1.25 bits per heavy atom. The minimum atomic E-state index is -0.433. The standard InChI is InChI=1S/C15H30N2O3/c1-14(2,3)20-13(19)17-8-6-12(7-9-17)16-10-15(4,5)11-18/h12,16,18H,6-11H2,1-5H3. The third-order valence-corrected chi connectivity index (χ3v) is 3.44. The van der Waals surface area contributed by atoms with Gasteiger partial charge < -0.3 is 20.1 Å². The molecular weight excluding hydrogens is 256 g/mol. The van der Waals surface area contributed by atoms with Crippen LogP contribution in [0.4, 0.5) is 4.79 Å². The van der Waals surface area contributed by atoms with E-state index in [1.807, 2.05) is 34.6 Å². The van der Waals surface area contributed by atoms with E-state index >= 15 is 0 Å². The maximum Gasteiger partial charge on any atom is 0.410 e. The van der Waals surface area contributed by atoms with Crippen molar-refractivity contribution in [3.63, 3.8) is 0 Å². The Morgan fingerprint density at radius 3 is 2.25 bits per heavy atom. The van der Waals surface area contributed by atoms with Crippen LogP contribution >= 0.6 is 0 Å². The highest BCUT2D eigenvalue weighted by Gasteiger charge is 2.27. The molecule has 5 heteroatoms. The first kappa shape index (κ1) is 17.2. The Kier molecular flexibility index (Phi) is 5.83. The van der Waals surface area contributed by atoms with E-state index in [9.17, 15) is 9.90 Å².